The average Bonchev–Trinajstić information content (AvgIpc) is 3.20. The van der Waals surface area contributed by atoms with E-state index >= 15 is 0 Å². The Morgan fingerprint density at radius 3 is 2.82 bits per heavy atom. The summed E-state index contributed by atoms with van der Waals surface area (Å²) in [7, 11) is 2.16. The van der Waals surface area contributed by atoms with Gasteiger partial charge in [0.05, 0.1) is 5.92 Å². The first-order chi connectivity index (χ1) is 8.18. The molecule has 4 heteroatoms. The second kappa shape index (κ2) is 5.83. The molecular weight excluding hydrogens is 214 g/mol. The van der Waals surface area contributed by atoms with Gasteiger partial charge < -0.3 is 10.6 Å². The summed E-state index contributed by atoms with van der Waals surface area (Å²) in [6, 6.07) is 1.21. The normalized spacial score (nSPS) is 26.9. The van der Waals surface area contributed by atoms with Gasteiger partial charge in [-0.05, 0) is 46.2 Å². The van der Waals surface area contributed by atoms with E-state index in [9.17, 15) is 4.79 Å². The molecule has 98 valence electrons. The Hall–Kier alpha value is -0.610. The lowest BCUT2D eigenvalue weighted by molar-refractivity contribution is -0.125. The molecule has 1 unspecified atom stereocenters. The molecule has 2 N–H and O–H groups in total. The van der Waals surface area contributed by atoms with Crippen molar-refractivity contribution in [1.82, 2.24) is 15.5 Å². The van der Waals surface area contributed by atoms with Gasteiger partial charge in [-0.25, -0.2) is 0 Å². The predicted molar refractivity (Wildman–Crippen MR) is 68.9 cm³/mol. The quantitative estimate of drug-likeness (QED) is 0.738. The topological polar surface area (TPSA) is 44.4 Å². The molecule has 1 saturated carbocycles. The highest BCUT2D eigenvalue weighted by molar-refractivity contribution is 5.79. The molecule has 0 aromatic carbocycles. The van der Waals surface area contributed by atoms with E-state index in [1.165, 1.54) is 12.8 Å². The van der Waals surface area contributed by atoms with Crippen LogP contribution < -0.4 is 10.6 Å². The summed E-state index contributed by atoms with van der Waals surface area (Å²) in [4.78, 5) is 14.3. The van der Waals surface area contributed by atoms with Crippen molar-refractivity contribution in [1.29, 1.82) is 0 Å². The monoisotopic (exact) mass is 239 g/mol. The van der Waals surface area contributed by atoms with E-state index in [-0.39, 0.29) is 11.8 Å². The number of carbonyl (C=O) groups excluding carboxylic acids is 1. The van der Waals surface area contributed by atoms with E-state index in [1.54, 1.807) is 0 Å². The lowest BCUT2D eigenvalue weighted by atomic mass is 9.99. The summed E-state index contributed by atoms with van der Waals surface area (Å²) in [5.41, 5.74) is 0. The van der Waals surface area contributed by atoms with E-state index in [2.05, 4.69) is 29.5 Å². The van der Waals surface area contributed by atoms with E-state index in [1.807, 2.05) is 0 Å². The van der Waals surface area contributed by atoms with Crippen molar-refractivity contribution >= 4 is 5.91 Å². The Morgan fingerprint density at radius 1 is 1.47 bits per heavy atom. The highest BCUT2D eigenvalue weighted by Crippen LogP contribution is 2.26. The highest BCUT2D eigenvalue weighted by atomic mass is 16.1. The molecule has 0 aromatic heterocycles. The van der Waals surface area contributed by atoms with Crippen LogP contribution in [0.4, 0.5) is 0 Å². The van der Waals surface area contributed by atoms with E-state index in [4.69, 9.17) is 0 Å². The van der Waals surface area contributed by atoms with Gasteiger partial charge in [-0.3, -0.25) is 9.69 Å². The third-order valence-corrected chi connectivity index (χ3v) is 4.06. The van der Waals surface area contributed by atoms with Crippen molar-refractivity contribution < 1.29 is 4.79 Å². The first kappa shape index (κ1) is 12.8. The smallest absolute Gasteiger partial charge is 0.224 e. The van der Waals surface area contributed by atoms with Crippen LogP contribution in [0.5, 0.6) is 0 Å². The van der Waals surface area contributed by atoms with Gasteiger partial charge in [-0.1, -0.05) is 0 Å². The van der Waals surface area contributed by atoms with Crippen LogP contribution in [-0.2, 0) is 4.79 Å². The van der Waals surface area contributed by atoms with E-state index in [0.717, 1.165) is 38.5 Å². The van der Waals surface area contributed by atoms with Crippen LogP contribution in [0, 0.1) is 5.92 Å². The van der Waals surface area contributed by atoms with Crippen LogP contribution in [0.1, 0.15) is 32.6 Å². The molecule has 2 rings (SSSR count). The number of amides is 1. The number of hydrogen-bond donors (Lipinski definition) is 2. The van der Waals surface area contributed by atoms with E-state index < -0.39 is 0 Å². The SMILES string of the molecule is CC(CNC(=O)[C@@H]1CCCNC1)N(C)C1CC1. The summed E-state index contributed by atoms with van der Waals surface area (Å²) < 4.78 is 0. The molecule has 0 spiro atoms. The zero-order chi connectivity index (χ0) is 12.3. The van der Waals surface area contributed by atoms with Crippen molar-refractivity contribution in [2.45, 2.75) is 44.7 Å². The molecule has 1 aliphatic carbocycles. The molecule has 0 aromatic rings. The van der Waals surface area contributed by atoms with Crippen molar-refractivity contribution in [2.24, 2.45) is 5.92 Å². The summed E-state index contributed by atoms with van der Waals surface area (Å²) in [5, 5.41) is 6.38. The molecule has 1 heterocycles. The minimum absolute atomic E-state index is 0.183. The molecule has 4 nitrogen and oxygen atoms in total. The fourth-order valence-corrected chi connectivity index (χ4v) is 2.45. The van der Waals surface area contributed by atoms with Crippen molar-refractivity contribution in [3.8, 4) is 0 Å². The molecule has 1 saturated heterocycles. The van der Waals surface area contributed by atoms with Crippen molar-refractivity contribution in [2.75, 3.05) is 26.7 Å². The van der Waals surface area contributed by atoms with Gasteiger partial charge in [-0.2, -0.15) is 0 Å². The van der Waals surface area contributed by atoms with Crippen LogP contribution >= 0.6 is 0 Å². The summed E-state index contributed by atoms with van der Waals surface area (Å²) in [6.07, 6.45) is 4.80. The molecule has 2 fully saturated rings. The standard InChI is InChI=1S/C13H25N3O/c1-10(16(2)12-5-6-12)8-15-13(17)11-4-3-7-14-9-11/h10-12,14H,3-9H2,1-2H3,(H,15,17)/t10?,11-/m1/s1. The highest BCUT2D eigenvalue weighted by Gasteiger charge is 2.29. The first-order valence-corrected chi connectivity index (χ1v) is 6.89. The second-order valence-electron chi connectivity index (χ2n) is 5.53. The largest absolute Gasteiger partial charge is 0.354 e. The zero-order valence-corrected chi connectivity index (χ0v) is 11.0. The summed E-state index contributed by atoms with van der Waals surface area (Å²) >= 11 is 0. The Morgan fingerprint density at radius 2 is 2.24 bits per heavy atom. The predicted octanol–water partition coefficient (Wildman–Crippen LogP) is 0.585. The second-order valence-corrected chi connectivity index (χ2v) is 5.53. The molecule has 17 heavy (non-hydrogen) atoms. The average molecular weight is 239 g/mol. The van der Waals surface area contributed by atoms with Gasteiger partial charge in [-0.15, -0.1) is 0 Å². The van der Waals surface area contributed by atoms with E-state index in [0.29, 0.717) is 6.04 Å². The Labute approximate surface area is 104 Å². The number of rotatable bonds is 5. The Bertz CT molecular complexity index is 259. The molecule has 2 aliphatic rings. The molecule has 2 atom stereocenters. The molecular formula is C13H25N3O. The lowest BCUT2D eigenvalue weighted by Gasteiger charge is -2.27. The molecule has 1 amide bonds. The first-order valence-electron chi connectivity index (χ1n) is 6.89. The minimum Gasteiger partial charge on any atom is -0.354 e. The van der Waals surface area contributed by atoms with Crippen LogP contribution in [0.15, 0.2) is 0 Å². The third kappa shape index (κ3) is 3.68. The molecule has 0 radical (unpaired) electrons. The van der Waals surface area contributed by atoms with Gasteiger partial charge in [0.1, 0.15) is 0 Å². The number of hydrogen-bond acceptors (Lipinski definition) is 3. The fourth-order valence-electron chi connectivity index (χ4n) is 2.45. The number of likely N-dealkylation sites (N-methyl/N-ethyl adjacent to an activating group) is 1. The Kier molecular flexibility index (Phi) is 4.40. The minimum atomic E-state index is 0.183. The maximum Gasteiger partial charge on any atom is 0.224 e. The van der Waals surface area contributed by atoms with Gasteiger partial charge in [0, 0.05) is 25.2 Å². The van der Waals surface area contributed by atoms with Crippen LogP contribution in [0.25, 0.3) is 0 Å². The van der Waals surface area contributed by atoms with Crippen LogP contribution in [-0.4, -0.2) is 49.6 Å². The number of piperidine rings is 1. The van der Waals surface area contributed by atoms with Crippen LogP contribution in [0.2, 0.25) is 0 Å². The van der Waals surface area contributed by atoms with Crippen molar-refractivity contribution in [3.63, 3.8) is 0 Å². The summed E-state index contributed by atoms with van der Waals surface area (Å²) in [5.74, 6) is 0.412. The fraction of sp³-hybridized carbons (Fsp3) is 0.923. The van der Waals surface area contributed by atoms with Gasteiger partial charge >= 0.3 is 0 Å². The third-order valence-electron chi connectivity index (χ3n) is 4.06. The van der Waals surface area contributed by atoms with Crippen LogP contribution in [0.3, 0.4) is 0 Å². The van der Waals surface area contributed by atoms with Gasteiger partial charge in [0.25, 0.3) is 0 Å². The number of nitrogens with one attached hydrogen (secondary N) is 2. The maximum absolute atomic E-state index is 11.9. The molecule has 1 aliphatic heterocycles. The summed E-state index contributed by atoms with van der Waals surface area (Å²) in [6.45, 7) is 4.88. The number of nitrogens with zero attached hydrogens (tertiary/aromatic N) is 1. The lowest BCUT2D eigenvalue weighted by Crippen LogP contribution is -2.45. The van der Waals surface area contributed by atoms with Gasteiger partial charge in [0.2, 0.25) is 5.91 Å². The zero-order valence-electron chi connectivity index (χ0n) is 11.0. The number of carbonyl (C=O) groups is 1. The Balaban J connectivity index is 1.67. The van der Waals surface area contributed by atoms with Gasteiger partial charge in [0.15, 0.2) is 0 Å². The molecule has 0 bridgehead atoms. The van der Waals surface area contributed by atoms with Crippen molar-refractivity contribution in [3.05, 3.63) is 0 Å². The maximum atomic E-state index is 11.9.